The summed E-state index contributed by atoms with van der Waals surface area (Å²) in [6.45, 7) is 2.44. The molecule has 0 aromatic carbocycles. The summed E-state index contributed by atoms with van der Waals surface area (Å²) in [4.78, 5) is 27.1. The molecule has 5 nitrogen and oxygen atoms in total. The molecule has 0 aromatic rings. The fraction of sp³-hybridized carbons (Fsp3) is 0.769. The van der Waals surface area contributed by atoms with Gasteiger partial charge in [0.1, 0.15) is 0 Å². The van der Waals surface area contributed by atoms with Gasteiger partial charge in [0.15, 0.2) is 0 Å². The van der Waals surface area contributed by atoms with Gasteiger partial charge in [-0.2, -0.15) is 5.26 Å². The minimum absolute atomic E-state index is 0.00812. The van der Waals surface area contributed by atoms with E-state index in [0.29, 0.717) is 32.5 Å². The number of hydrogen-bond acceptors (Lipinski definition) is 3. The van der Waals surface area contributed by atoms with Crippen LogP contribution in [0.25, 0.3) is 0 Å². The minimum Gasteiger partial charge on any atom is -0.342 e. The van der Waals surface area contributed by atoms with E-state index in [1.54, 1.807) is 4.90 Å². The lowest BCUT2D eigenvalue weighted by Gasteiger charge is -2.35. The molecule has 0 saturated carbocycles. The molecule has 2 heterocycles. The van der Waals surface area contributed by atoms with Crippen LogP contribution in [-0.4, -0.2) is 47.8 Å². The Labute approximate surface area is 107 Å². The molecule has 0 radical (unpaired) electrons. The van der Waals surface area contributed by atoms with Crippen LogP contribution in [0.4, 0.5) is 0 Å². The highest BCUT2D eigenvalue weighted by Crippen LogP contribution is 2.16. The standard InChI is InChI=1S/C13H19N3O2/c14-8-11-9-16(10-11)13(18)5-7-15-6-3-1-2-4-12(15)17/h11H,1-7,9-10H2. The van der Waals surface area contributed by atoms with Crippen molar-refractivity contribution in [2.75, 3.05) is 26.2 Å². The molecule has 0 aromatic heterocycles. The largest absolute Gasteiger partial charge is 0.342 e. The first-order valence-electron chi connectivity index (χ1n) is 6.66. The zero-order chi connectivity index (χ0) is 13.0. The molecule has 2 aliphatic rings. The van der Waals surface area contributed by atoms with E-state index in [1.807, 2.05) is 4.90 Å². The second-order valence-electron chi connectivity index (χ2n) is 5.07. The Morgan fingerprint density at radius 3 is 2.83 bits per heavy atom. The molecule has 5 heteroatoms. The first-order valence-corrected chi connectivity index (χ1v) is 6.66. The van der Waals surface area contributed by atoms with Crippen LogP contribution >= 0.6 is 0 Å². The molecule has 18 heavy (non-hydrogen) atoms. The molecule has 2 amide bonds. The summed E-state index contributed by atoms with van der Waals surface area (Å²) in [5.74, 6) is 0.256. The number of amides is 2. The summed E-state index contributed by atoms with van der Waals surface area (Å²) in [6.07, 6.45) is 4.13. The van der Waals surface area contributed by atoms with Gasteiger partial charge in [0.25, 0.3) is 0 Å². The van der Waals surface area contributed by atoms with E-state index in [9.17, 15) is 9.59 Å². The fourth-order valence-corrected chi connectivity index (χ4v) is 2.43. The summed E-state index contributed by atoms with van der Waals surface area (Å²) in [5.41, 5.74) is 0. The van der Waals surface area contributed by atoms with E-state index in [-0.39, 0.29) is 17.7 Å². The van der Waals surface area contributed by atoms with Crippen molar-refractivity contribution in [3.8, 4) is 6.07 Å². The van der Waals surface area contributed by atoms with Gasteiger partial charge < -0.3 is 9.80 Å². The van der Waals surface area contributed by atoms with Crippen molar-refractivity contribution in [1.29, 1.82) is 5.26 Å². The number of rotatable bonds is 3. The molecule has 2 rings (SSSR count). The summed E-state index contributed by atoms with van der Waals surface area (Å²) in [6, 6.07) is 2.15. The number of nitriles is 1. The number of nitrogens with zero attached hydrogens (tertiary/aromatic N) is 3. The highest BCUT2D eigenvalue weighted by Gasteiger charge is 2.30. The van der Waals surface area contributed by atoms with Crippen molar-refractivity contribution in [2.45, 2.75) is 32.1 Å². The van der Waals surface area contributed by atoms with E-state index in [4.69, 9.17) is 5.26 Å². The van der Waals surface area contributed by atoms with Crippen molar-refractivity contribution >= 4 is 11.8 Å². The van der Waals surface area contributed by atoms with E-state index >= 15 is 0 Å². The molecular weight excluding hydrogens is 230 g/mol. The van der Waals surface area contributed by atoms with Gasteiger partial charge in [0, 0.05) is 39.0 Å². The monoisotopic (exact) mass is 249 g/mol. The van der Waals surface area contributed by atoms with Gasteiger partial charge >= 0.3 is 0 Å². The maximum atomic E-state index is 11.8. The molecule has 0 atom stereocenters. The lowest BCUT2D eigenvalue weighted by molar-refractivity contribution is -0.137. The Morgan fingerprint density at radius 1 is 1.33 bits per heavy atom. The molecular formula is C13H19N3O2. The topological polar surface area (TPSA) is 64.4 Å². The van der Waals surface area contributed by atoms with E-state index in [2.05, 4.69) is 6.07 Å². The van der Waals surface area contributed by atoms with Crippen LogP contribution in [-0.2, 0) is 9.59 Å². The minimum atomic E-state index is 0.00812. The fourth-order valence-electron chi connectivity index (χ4n) is 2.43. The predicted molar refractivity (Wildman–Crippen MR) is 65.3 cm³/mol. The first-order chi connectivity index (χ1) is 8.70. The Balaban J connectivity index is 1.72. The number of carbonyl (C=O) groups is 2. The van der Waals surface area contributed by atoms with Crippen LogP contribution in [0.5, 0.6) is 0 Å². The van der Waals surface area contributed by atoms with Gasteiger partial charge in [0.05, 0.1) is 12.0 Å². The quantitative estimate of drug-likeness (QED) is 0.741. The molecule has 0 N–H and O–H groups in total. The van der Waals surface area contributed by atoms with Gasteiger partial charge in [-0.15, -0.1) is 0 Å². The smallest absolute Gasteiger partial charge is 0.224 e. The third kappa shape index (κ3) is 3.00. The van der Waals surface area contributed by atoms with E-state index in [1.165, 1.54) is 0 Å². The number of likely N-dealkylation sites (tertiary alicyclic amines) is 2. The van der Waals surface area contributed by atoms with Crippen LogP contribution in [0.15, 0.2) is 0 Å². The van der Waals surface area contributed by atoms with Crippen LogP contribution < -0.4 is 0 Å². The van der Waals surface area contributed by atoms with Crippen LogP contribution in [0.2, 0.25) is 0 Å². The Morgan fingerprint density at radius 2 is 2.11 bits per heavy atom. The SMILES string of the molecule is N#CC1CN(C(=O)CCN2CCCCCC2=O)C1. The summed E-state index contributed by atoms with van der Waals surface area (Å²) in [5, 5.41) is 8.64. The third-order valence-corrected chi connectivity index (χ3v) is 3.68. The van der Waals surface area contributed by atoms with Crippen molar-refractivity contribution in [1.82, 2.24) is 9.80 Å². The molecule has 2 fully saturated rings. The van der Waals surface area contributed by atoms with Crippen molar-refractivity contribution < 1.29 is 9.59 Å². The Kier molecular flexibility index (Phi) is 4.19. The van der Waals surface area contributed by atoms with Gasteiger partial charge in [-0.1, -0.05) is 6.42 Å². The maximum Gasteiger partial charge on any atom is 0.224 e. The normalized spacial score (nSPS) is 21.2. The van der Waals surface area contributed by atoms with Crippen LogP contribution in [0.1, 0.15) is 32.1 Å². The maximum absolute atomic E-state index is 11.8. The van der Waals surface area contributed by atoms with Crippen LogP contribution in [0.3, 0.4) is 0 Å². The lowest BCUT2D eigenvalue weighted by atomic mass is 10.0. The molecule has 2 saturated heterocycles. The second kappa shape index (κ2) is 5.85. The Bertz CT molecular complexity index is 369. The Hall–Kier alpha value is -1.57. The molecule has 0 aliphatic carbocycles. The van der Waals surface area contributed by atoms with Gasteiger partial charge in [0.2, 0.25) is 11.8 Å². The molecule has 0 spiro atoms. The number of carbonyl (C=O) groups excluding carboxylic acids is 2. The van der Waals surface area contributed by atoms with Crippen molar-refractivity contribution in [2.24, 2.45) is 5.92 Å². The van der Waals surface area contributed by atoms with E-state index < -0.39 is 0 Å². The average Bonchev–Trinajstić information content (AvgIpc) is 2.50. The van der Waals surface area contributed by atoms with Crippen molar-refractivity contribution in [3.63, 3.8) is 0 Å². The summed E-state index contributed by atoms with van der Waals surface area (Å²) >= 11 is 0. The zero-order valence-corrected chi connectivity index (χ0v) is 10.6. The molecule has 2 aliphatic heterocycles. The zero-order valence-electron chi connectivity index (χ0n) is 10.6. The highest BCUT2D eigenvalue weighted by molar-refractivity contribution is 5.79. The second-order valence-corrected chi connectivity index (χ2v) is 5.07. The van der Waals surface area contributed by atoms with Gasteiger partial charge in [-0.25, -0.2) is 0 Å². The lowest BCUT2D eigenvalue weighted by Crippen LogP contribution is -2.50. The first kappa shape index (κ1) is 12.9. The van der Waals surface area contributed by atoms with Crippen LogP contribution in [0, 0.1) is 17.2 Å². The summed E-state index contributed by atoms with van der Waals surface area (Å²) < 4.78 is 0. The predicted octanol–water partition coefficient (Wildman–Crippen LogP) is 0.761. The molecule has 0 unspecified atom stereocenters. The number of hydrogen-bond donors (Lipinski definition) is 0. The van der Waals surface area contributed by atoms with Gasteiger partial charge in [-0.3, -0.25) is 9.59 Å². The third-order valence-electron chi connectivity index (χ3n) is 3.68. The summed E-state index contributed by atoms with van der Waals surface area (Å²) in [7, 11) is 0. The average molecular weight is 249 g/mol. The van der Waals surface area contributed by atoms with Crippen molar-refractivity contribution in [3.05, 3.63) is 0 Å². The molecule has 0 bridgehead atoms. The van der Waals surface area contributed by atoms with E-state index in [0.717, 1.165) is 25.8 Å². The van der Waals surface area contributed by atoms with Gasteiger partial charge in [-0.05, 0) is 12.8 Å². The highest BCUT2D eigenvalue weighted by atomic mass is 16.2. The molecule has 98 valence electrons.